The Balaban J connectivity index is 1.99. The quantitative estimate of drug-likeness (QED) is 0.610. The van der Waals surface area contributed by atoms with Crippen molar-refractivity contribution < 1.29 is 17.6 Å². The highest BCUT2D eigenvalue weighted by Crippen LogP contribution is 2.29. The molecule has 0 atom stereocenters. The SMILES string of the molecule is CC(C)NC(=NCc1cccc(C(F)(F)F)c1)NCCc1ccco1. The van der Waals surface area contributed by atoms with Crippen LogP contribution >= 0.6 is 0 Å². The van der Waals surface area contributed by atoms with Crippen LogP contribution < -0.4 is 10.6 Å². The minimum atomic E-state index is -4.35. The molecule has 0 aliphatic carbocycles. The van der Waals surface area contributed by atoms with Crippen LogP contribution in [0.3, 0.4) is 0 Å². The van der Waals surface area contributed by atoms with Crippen molar-refractivity contribution in [2.45, 2.75) is 39.0 Å². The van der Waals surface area contributed by atoms with E-state index >= 15 is 0 Å². The standard InChI is InChI=1S/C18H22F3N3O/c1-13(2)24-17(22-9-8-16-7-4-10-25-16)23-12-14-5-3-6-15(11-14)18(19,20)21/h3-7,10-11,13H,8-9,12H2,1-2H3,(H2,22,23,24). The molecule has 0 unspecified atom stereocenters. The lowest BCUT2D eigenvalue weighted by atomic mass is 10.1. The molecule has 2 rings (SSSR count). The van der Waals surface area contributed by atoms with Crippen LogP contribution in [0.25, 0.3) is 0 Å². The molecule has 0 amide bonds. The van der Waals surface area contributed by atoms with Crippen LogP contribution in [0.1, 0.15) is 30.7 Å². The molecule has 0 radical (unpaired) electrons. The summed E-state index contributed by atoms with van der Waals surface area (Å²) in [5.41, 5.74) is -0.157. The third-order valence-corrected chi connectivity index (χ3v) is 3.34. The molecule has 0 fully saturated rings. The van der Waals surface area contributed by atoms with Crippen LogP contribution in [0, 0.1) is 0 Å². The average molecular weight is 353 g/mol. The first-order valence-corrected chi connectivity index (χ1v) is 8.08. The van der Waals surface area contributed by atoms with Gasteiger partial charge in [0.25, 0.3) is 0 Å². The summed E-state index contributed by atoms with van der Waals surface area (Å²) in [4.78, 5) is 4.37. The summed E-state index contributed by atoms with van der Waals surface area (Å²) in [7, 11) is 0. The number of furan rings is 1. The predicted octanol–water partition coefficient (Wildman–Crippen LogP) is 3.98. The highest BCUT2D eigenvalue weighted by molar-refractivity contribution is 5.80. The summed E-state index contributed by atoms with van der Waals surface area (Å²) in [6.07, 6.45) is -2.04. The van der Waals surface area contributed by atoms with E-state index in [2.05, 4.69) is 15.6 Å². The van der Waals surface area contributed by atoms with Gasteiger partial charge in [-0.1, -0.05) is 12.1 Å². The average Bonchev–Trinajstić information content (AvgIpc) is 3.05. The molecular weight excluding hydrogens is 331 g/mol. The first kappa shape index (κ1) is 18.9. The van der Waals surface area contributed by atoms with E-state index in [1.54, 1.807) is 12.3 Å². The highest BCUT2D eigenvalue weighted by Gasteiger charge is 2.30. The minimum absolute atomic E-state index is 0.149. The number of aliphatic imine (C=N–C) groups is 1. The van der Waals surface area contributed by atoms with E-state index in [0.29, 0.717) is 24.5 Å². The van der Waals surface area contributed by atoms with E-state index in [-0.39, 0.29) is 12.6 Å². The Kier molecular flexibility index (Phi) is 6.50. The second-order valence-electron chi connectivity index (χ2n) is 5.92. The number of guanidine groups is 1. The third kappa shape index (κ3) is 6.52. The van der Waals surface area contributed by atoms with Gasteiger partial charge in [-0.15, -0.1) is 0 Å². The van der Waals surface area contributed by atoms with Gasteiger partial charge in [-0.25, -0.2) is 4.99 Å². The lowest BCUT2D eigenvalue weighted by Crippen LogP contribution is -2.41. The number of rotatable bonds is 6. The van der Waals surface area contributed by atoms with Gasteiger partial charge in [0.1, 0.15) is 5.76 Å². The molecule has 0 saturated carbocycles. The van der Waals surface area contributed by atoms with Gasteiger partial charge in [-0.3, -0.25) is 0 Å². The zero-order valence-electron chi connectivity index (χ0n) is 14.2. The Hall–Kier alpha value is -2.44. The number of halogens is 3. The maximum Gasteiger partial charge on any atom is 0.416 e. The van der Waals surface area contributed by atoms with Gasteiger partial charge in [0, 0.05) is 19.0 Å². The predicted molar refractivity (Wildman–Crippen MR) is 91.3 cm³/mol. The fourth-order valence-electron chi connectivity index (χ4n) is 2.20. The second kappa shape index (κ2) is 8.60. The molecule has 2 N–H and O–H groups in total. The van der Waals surface area contributed by atoms with Crippen molar-refractivity contribution in [3.8, 4) is 0 Å². The van der Waals surface area contributed by atoms with Crippen molar-refractivity contribution in [1.29, 1.82) is 0 Å². The maximum atomic E-state index is 12.8. The van der Waals surface area contributed by atoms with Gasteiger partial charge in [0.15, 0.2) is 5.96 Å². The molecule has 1 heterocycles. The Morgan fingerprint density at radius 2 is 2.00 bits per heavy atom. The van der Waals surface area contributed by atoms with Crippen molar-refractivity contribution in [1.82, 2.24) is 10.6 Å². The van der Waals surface area contributed by atoms with Gasteiger partial charge < -0.3 is 15.1 Å². The van der Waals surface area contributed by atoms with E-state index in [0.717, 1.165) is 17.9 Å². The molecule has 0 aliphatic rings. The number of nitrogens with one attached hydrogen (secondary N) is 2. The smallest absolute Gasteiger partial charge is 0.416 e. The molecule has 0 saturated heterocycles. The van der Waals surface area contributed by atoms with Crippen LogP contribution in [0.4, 0.5) is 13.2 Å². The van der Waals surface area contributed by atoms with E-state index in [1.807, 2.05) is 26.0 Å². The number of hydrogen-bond acceptors (Lipinski definition) is 2. The fraction of sp³-hybridized carbons (Fsp3) is 0.389. The number of alkyl halides is 3. The largest absolute Gasteiger partial charge is 0.469 e. The van der Waals surface area contributed by atoms with E-state index in [1.165, 1.54) is 6.07 Å². The van der Waals surface area contributed by atoms with Gasteiger partial charge in [-0.2, -0.15) is 13.2 Å². The Bertz CT molecular complexity index is 679. The summed E-state index contributed by atoms with van der Waals surface area (Å²) in [6, 6.07) is 9.07. The Morgan fingerprint density at radius 1 is 1.20 bits per heavy atom. The third-order valence-electron chi connectivity index (χ3n) is 3.34. The van der Waals surface area contributed by atoms with Crippen molar-refractivity contribution in [2.75, 3.05) is 6.54 Å². The molecule has 2 aromatic rings. The van der Waals surface area contributed by atoms with Crippen molar-refractivity contribution in [3.05, 3.63) is 59.5 Å². The molecular formula is C18H22F3N3O. The first-order chi connectivity index (χ1) is 11.8. The van der Waals surface area contributed by atoms with Gasteiger partial charge in [-0.05, 0) is 43.7 Å². The molecule has 0 bridgehead atoms. The summed E-state index contributed by atoms with van der Waals surface area (Å²) in [5, 5.41) is 6.32. The first-order valence-electron chi connectivity index (χ1n) is 8.08. The number of nitrogens with zero attached hydrogens (tertiary/aromatic N) is 1. The Morgan fingerprint density at radius 3 is 2.64 bits per heavy atom. The van der Waals surface area contributed by atoms with Gasteiger partial charge in [0.2, 0.25) is 0 Å². The molecule has 1 aromatic heterocycles. The molecule has 136 valence electrons. The van der Waals surface area contributed by atoms with E-state index in [4.69, 9.17) is 4.42 Å². The lowest BCUT2D eigenvalue weighted by Gasteiger charge is -2.15. The molecule has 0 aliphatic heterocycles. The van der Waals surface area contributed by atoms with Crippen LogP contribution in [0.5, 0.6) is 0 Å². The summed E-state index contributed by atoms with van der Waals surface area (Å²) in [6.45, 7) is 4.70. The van der Waals surface area contributed by atoms with Gasteiger partial charge >= 0.3 is 6.18 Å². The maximum absolute atomic E-state index is 12.8. The normalized spacial score (nSPS) is 12.5. The van der Waals surface area contributed by atoms with Crippen LogP contribution in [-0.2, 0) is 19.1 Å². The monoisotopic (exact) mass is 353 g/mol. The number of benzene rings is 1. The van der Waals surface area contributed by atoms with Gasteiger partial charge in [0.05, 0.1) is 18.4 Å². The van der Waals surface area contributed by atoms with Crippen LogP contribution in [0.2, 0.25) is 0 Å². The fourth-order valence-corrected chi connectivity index (χ4v) is 2.20. The van der Waals surface area contributed by atoms with Crippen LogP contribution in [0.15, 0.2) is 52.1 Å². The topological polar surface area (TPSA) is 49.6 Å². The van der Waals surface area contributed by atoms with E-state index in [9.17, 15) is 13.2 Å². The summed E-state index contributed by atoms with van der Waals surface area (Å²) >= 11 is 0. The zero-order chi connectivity index (χ0) is 18.3. The minimum Gasteiger partial charge on any atom is -0.469 e. The summed E-state index contributed by atoms with van der Waals surface area (Å²) in [5.74, 6) is 1.41. The second-order valence-corrected chi connectivity index (χ2v) is 5.92. The lowest BCUT2D eigenvalue weighted by molar-refractivity contribution is -0.137. The number of hydrogen-bond donors (Lipinski definition) is 2. The molecule has 4 nitrogen and oxygen atoms in total. The van der Waals surface area contributed by atoms with E-state index < -0.39 is 11.7 Å². The Labute approximate surface area is 145 Å². The molecule has 25 heavy (non-hydrogen) atoms. The zero-order valence-corrected chi connectivity index (χ0v) is 14.2. The van der Waals surface area contributed by atoms with Crippen molar-refractivity contribution >= 4 is 5.96 Å². The van der Waals surface area contributed by atoms with Crippen LogP contribution in [-0.4, -0.2) is 18.5 Å². The van der Waals surface area contributed by atoms with Crippen molar-refractivity contribution in [3.63, 3.8) is 0 Å². The highest BCUT2D eigenvalue weighted by atomic mass is 19.4. The molecule has 0 spiro atoms. The van der Waals surface area contributed by atoms with Crippen molar-refractivity contribution in [2.24, 2.45) is 4.99 Å². The molecule has 1 aromatic carbocycles. The summed E-state index contributed by atoms with van der Waals surface area (Å²) < 4.78 is 43.6. The molecule has 7 heteroatoms.